The molecule has 1 aliphatic rings. The highest BCUT2D eigenvalue weighted by Crippen LogP contribution is 2.16. The van der Waals surface area contributed by atoms with Gasteiger partial charge in [-0.2, -0.15) is 0 Å². The van der Waals surface area contributed by atoms with Crippen LogP contribution in [-0.2, 0) is 0 Å². The van der Waals surface area contributed by atoms with Gasteiger partial charge in [-0.3, -0.25) is 4.79 Å². The Morgan fingerprint density at radius 3 is 2.61 bits per heavy atom. The van der Waals surface area contributed by atoms with Crippen LogP contribution in [0.5, 0.6) is 0 Å². The van der Waals surface area contributed by atoms with Gasteiger partial charge in [0.25, 0.3) is 5.91 Å². The van der Waals surface area contributed by atoms with Crippen LogP contribution >= 0.6 is 0 Å². The van der Waals surface area contributed by atoms with Crippen molar-refractivity contribution in [1.82, 2.24) is 9.88 Å². The summed E-state index contributed by atoms with van der Waals surface area (Å²) in [6.07, 6.45) is 1.63. The molecule has 0 radical (unpaired) electrons. The Labute approximate surface area is 134 Å². The van der Waals surface area contributed by atoms with Crippen molar-refractivity contribution >= 4 is 17.4 Å². The quantitative estimate of drug-likeness (QED) is 0.944. The summed E-state index contributed by atoms with van der Waals surface area (Å²) in [6.45, 7) is 3.91. The molecule has 1 aromatic heterocycles. The number of likely N-dealkylation sites (N-methyl/N-ethyl adjacent to an activating group) is 1. The average molecular weight is 314 g/mol. The van der Waals surface area contributed by atoms with Gasteiger partial charge in [0.2, 0.25) is 0 Å². The number of rotatable bonds is 3. The largest absolute Gasteiger partial charge is 0.354 e. The number of halogens is 1. The van der Waals surface area contributed by atoms with Crippen LogP contribution < -0.4 is 10.2 Å². The number of nitrogens with zero attached hydrogens (tertiary/aromatic N) is 3. The summed E-state index contributed by atoms with van der Waals surface area (Å²) in [7, 11) is 2.11. The van der Waals surface area contributed by atoms with E-state index < -0.39 is 5.82 Å². The molecule has 120 valence electrons. The summed E-state index contributed by atoms with van der Waals surface area (Å²) < 4.78 is 13.2. The Morgan fingerprint density at radius 1 is 1.17 bits per heavy atom. The predicted octanol–water partition coefficient (Wildman–Crippen LogP) is 2.22. The third-order valence-corrected chi connectivity index (χ3v) is 3.92. The van der Waals surface area contributed by atoms with E-state index in [-0.39, 0.29) is 11.5 Å². The second kappa shape index (κ2) is 6.75. The van der Waals surface area contributed by atoms with Crippen molar-refractivity contribution < 1.29 is 9.18 Å². The van der Waals surface area contributed by atoms with Crippen LogP contribution in [0.4, 0.5) is 15.9 Å². The number of anilines is 2. The highest BCUT2D eigenvalue weighted by molar-refractivity contribution is 6.04. The molecule has 1 N–H and O–H groups in total. The van der Waals surface area contributed by atoms with Crippen LogP contribution in [0.25, 0.3) is 0 Å². The number of amides is 1. The number of pyridine rings is 1. The Bertz CT molecular complexity index is 681. The molecular formula is C17H19FN4O. The summed E-state index contributed by atoms with van der Waals surface area (Å²) in [4.78, 5) is 21.0. The van der Waals surface area contributed by atoms with Crippen molar-refractivity contribution in [2.75, 3.05) is 43.4 Å². The summed E-state index contributed by atoms with van der Waals surface area (Å²) in [5.41, 5.74) is 0.880. The first-order chi connectivity index (χ1) is 11.1. The highest BCUT2D eigenvalue weighted by Gasteiger charge is 2.15. The Kier molecular flexibility index (Phi) is 4.52. The first-order valence-electron chi connectivity index (χ1n) is 7.58. The van der Waals surface area contributed by atoms with Gasteiger partial charge in [0, 0.05) is 31.7 Å². The topological polar surface area (TPSA) is 48.5 Å². The molecule has 0 aliphatic carbocycles. The predicted molar refractivity (Wildman–Crippen MR) is 88.3 cm³/mol. The standard InChI is InChI=1S/C17H19FN4O/c1-21-7-9-22(10-8-21)16-6-5-15(12-19-16)20-17(23)13-3-2-4-14(18)11-13/h2-6,11-12H,7-10H2,1H3,(H,20,23). The van der Waals surface area contributed by atoms with Crippen LogP contribution in [0, 0.1) is 5.82 Å². The van der Waals surface area contributed by atoms with E-state index in [4.69, 9.17) is 0 Å². The van der Waals surface area contributed by atoms with Crippen LogP contribution in [0.1, 0.15) is 10.4 Å². The Hall–Kier alpha value is -2.47. The van der Waals surface area contributed by atoms with Gasteiger partial charge >= 0.3 is 0 Å². The van der Waals surface area contributed by atoms with Crippen molar-refractivity contribution in [2.45, 2.75) is 0 Å². The minimum absolute atomic E-state index is 0.285. The molecule has 0 spiro atoms. The summed E-state index contributed by atoms with van der Waals surface area (Å²) >= 11 is 0. The second-order valence-corrected chi connectivity index (χ2v) is 5.66. The van der Waals surface area contributed by atoms with E-state index in [0.29, 0.717) is 5.69 Å². The lowest BCUT2D eigenvalue weighted by atomic mass is 10.2. The number of nitrogens with one attached hydrogen (secondary N) is 1. The lowest BCUT2D eigenvalue weighted by Gasteiger charge is -2.33. The van der Waals surface area contributed by atoms with Gasteiger partial charge in [0.15, 0.2) is 0 Å². The summed E-state index contributed by atoms with van der Waals surface area (Å²) in [5, 5.41) is 2.73. The minimum Gasteiger partial charge on any atom is -0.354 e. The molecule has 1 saturated heterocycles. The normalized spacial score (nSPS) is 15.5. The second-order valence-electron chi connectivity index (χ2n) is 5.66. The molecular weight excluding hydrogens is 295 g/mol. The molecule has 1 amide bonds. The van der Waals surface area contributed by atoms with E-state index in [1.807, 2.05) is 12.1 Å². The van der Waals surface area contributed by atoms with Gasteiger partial charge < -0.3 is 15.1 Å². The molecule has 6 heteroatoms. The zero-order chi connectivity index (χ0) is 16.2. The fourth-order valence-corrected chi connectivity index (χ4v) is 2.52. The van der Waals surface area contributed by atoms with E-state index in [9.17, 15) is 9.18 Å². The molecule has 0 bridgehead atoms. The van der Waals surface area contributed by atoms with Crippen molar-refractivity contribution in [3.8, 4) is 0 Å². The maximum atomic E-state index is 13.2. The van der Waals surface area contributed by atoms with E-state index in [0.717, 1.165) is 32.0 Å². The zero-order valence-electron chi connectivity index (χ0n) is 13.0. The van der Waals surface area contributed by atoms with E-state index in [1.165, 1.54) is 18.2 Å². The smallest absolute Gasteiger partial charge is 0.255 e. The van der Waals surface area contributed by atoms with Crippen LogP contribution in [0.3, 0.4) is 0 Å². The van der Waals surface area contributed by atoms with Gasteiger partial charge in [-0.15, -0.1) is 0 Å². The molecule has 0 unspecified atom stereocenters. The molecule has 3 rings (SSSR count). The molecule has 0 atom stereocenters. The van der Waals surface area contributed by atoms with Crippen molar-refractivity contribution in [3.05, 3.63) is 54.0 Å². The molecule has 2 heterocycles. The number of hydrogen-bond acceptors (Lipinski definition) is 4. The number of piperazine rings is 1. The first-order valence-corrected chi connectivity index (χ1v) is 7.58. The maximum absolute atomic E-state index is 13.2. The van der Waals surface area contributed by atoms with Gasteiger partial charge in [0.05, 0.1) is 11.9 Å². The van der Waals surface area contributed by atoms with Crippen molar-refractivity contribution in [3.63, 3.8) is 0 Å². The minimum atomic E-state index is -0.429. The molecule has 1 aliphatic heterocycles. The van der Waals surface area contributed by atoms with Crippen molar-refractivity contribution in [1.29, 1.82) is 0 Å². The lowest BCUT2D eigenvalue weighted by molar-refractivity contribution is 0.102. The molecule has 1 fully saturated rings. The van der Waals surface area contributed by atoms with Gasteiger partial charge in [-0.05, 0) is 37.4 Å². The number of hydrogen-bond donors (Lipinski definition) is 1. The summed E-state index contributed by atoms with van der Waals surface area (Å²) in [5.74, 6) is 0.127. The Balaban J connectivity index is 1.64. The third-order valence-electron chi connectivity index (χ3n) is 3.92. The van der Waals surface area contributed by atoms with E-state index >= 15 is 0 Å². The number of aromatic nitrogens is 1. The van der Waals surface area contributed by atoms with Crippen LogP contribution in [0.2, 0.25) is 0 Å². The number of carbonyl (C=O) groups is 1. The third kappa shape index (κ3) is 3.84. The summed E-state index contributed by atoms with van der Waals surface area (Å²) in [6, 6.07) is 9.32. The first kappa shape index (κ1) is 15.4. The Morgan fingerprint density at radius 2 is 1.96 bits per heavy atom. The zero-order valence-corrected chi connectivity index (χ0v) is 13.0. The molecule has 5 nitrogen and oxygen atoms in total. The SMILES string of the molecule is CN1CCN(c2ccc(NC(=O)c3cccc(F)c3)cn2)CC1. The van der Waals surface area contributed by atoms with Crippen LogP contribution in [-0.4, -0.2) is 49.0 Å². The molecule has 1 aromatic carbocycles. The number of carbonyl (C=O) groups excluding carboxylic acids is 1. The average Bonchev–Trinajstić information content (AvgIpc) is 2.56. The lowest BCUT2D eigenvalue weighted by Crippen LogP contribution is -2.44. The molecule has 2 aromatic rings. The van der Waals surface area contributed by atoms with E-state index in [2.05, 4.69) is 27.1 Å². The monoisotopic (exact) mass is 314 g/mol. The van der Waals surface area contributed by atoms with Gasteiger partial charge in [-0.1, -0.05) is 6.07 Å². The van der Waals surface area contributed by atoms with Gasteiger partial charge in [0.1, 0.15) is 11.6 Å². The highest BCUT2D eigenvalue weighted by atomic mass is 19.1. The van der Waals surface area contributed by atoms with E-state index in [1.54, 1.807) is 12.3 Å². The van der Waals surface area contributed by atoms with Gasteiger partial charge in [-0.25, -0.2) is 9.37 Å². The number of benzene rings is 1. The molecule has 23 heavy (non-hydrogen) atoms. The molecule has 0 saturated carbocycles. The maximum Gasteiger partial charge on any atom is 0.255 e. The van der Waals surface area contributed by atoms with Crippen molar-refractivity contribution in [2.24, 2.45) is 0 Å². The fraction of sp³-hybridized carbons (Fsp3) is 0.294. The van der Waals surface area contributed by atoms with Crippen LogP contribution in [0.15, 0.2) is 42.6 Å². The fourth-order valence-electron chi connectivity index (χ4n) is 2.52.